The highest BCUT2D eigenvalue weighted by molar-refractivity contribution is 6.36. The number of carbonyl (C=O) groups is 2. The Hall–Kier alpha value is -3.49. The quantitative estimate of drug-likeness (QED) is 0.739. The molecule has 0 bridgehead atoms. The van der Waals surface area contributed by atoms with Gasteiger partial charge >= 0.3 is 6.36 Å². The van der Waals surface area contributed by atoms with Gasteiger partial charge < -0.3 is 14.8 Å². The van der Waals surface area contributed by atoms with E-state index >= 15 is 0 Å². The van der Waals surface area contributed by atoms with Gasteiger partial charge in [0, 0.05) is 12.2 Å². The Morgan fingerprint density at radius 3 is 2.03 bits per heavy atom. The summed E-state index contributed by atoms with van der Waals surface area (Å²) in [6.45, 7) is 1.86. The van der Waals surface area contributed by atoms with Crippen LogP contribution in [0, 0.1) is 0 Å². The predicted molar refractivity (Wildman–Crippen MR) is 99.1 cm³/mol. The first-order valence-corrected chi connectivity index (χ1v) is 8.61. The monoisotopic (exact) mass is 406 g/mol. The van der Waals surface area contributed by atoms with E-state index in [9.17, 15) is 22.8 Å². The van der Waals surface area contributed by atoms with E-state index in [4.69, 9.17) is 4.74 Å². The summed E-state index contributed by atoms with van der Waals surface area (Å²) in [4.78, 5) is 26.5. The second kappa shape index (κ2) is 7.86. The van der Waals surface area contributed by atoms with Crippen molar-refractivity contribution in [2.75, 3.05) is 19.0 Å². The Balaban J connectivity index is 1.94. The molecular formula is C20H17F3N2O4. The van der Waals surface area contributed by atoms with Gasteiger partial charge in [-0.1, -0.05) is 12.1 Å². The summed E-state index contributed by atoms with van der Waals surface area (Å²) in [5.41, 5.74) is 1.07. The zero-order valence-corrected chi connectivity index (χ0v) is 15.5. The normalized spacial score (nSPS) is 14.4. The highest BCUT2D eigenvalue weighted by Crippen LogP contribution is 2.32. The Morgan fingerprint density at radius 2 is 1.52 bits per heavy atom. The molecule has 1 aliphatic rings. The van der Waals surface area contributed by atoms with Crippen molar-refractivity contribution in [2.24, 2.45) is 0 Å². The first-order chi connectivity index (χ1) is 13.7. The standard InChI is InChI=1S/C20H17F3N2O4/c1-3-25-18(26)16(12-4-8-14(28-2)9-5-12)17(19(25)27)24-13-6-10-15(11-7-13)29-20(21,22)23/h4-11,24H,3H2,1-2H3. The molecule has 6 nitrogen and oxygen atoms in total. The third-order valence-corrected chi connectivity index (χ3v) is 4.22. The minimum absolute atomic E-state index is 0.0477. The number of alkyl halides is 3. The van der Waals surface area contributed by atoms with Crippen LogP contribution >= 0.6 is 0 Å². The molecule has 0 radical (unpaired) electrons. The average molecular weight is 406 g/mol. The fraction of sp³-hybridized carbons (Fsp3) is 0.200. The first-order valence-electron chi connectivity index (χ1n) is 8.61. The Morgan fingerprint density at radius 1 is 0.931 bits per heavy atom. The van der Waals surface area contributed by atoms with Crippen molar-refractivity contribution >= 4 is 23.1 Å². The topological polar surface area (TPSA) is 67.9 Å². The molecule has 9 heteroatoms. The zero-order chi connectivity index (χ0) is 21.2. The van der Waals surface area contributed by atoms with Crippen LogP contribution in [0.4, 0.5) is 18.9 Å². The molecule has 152 valence electrons. The number of amides is 2. The second-order valence-electron chi connectivity index (χ2n) is 6.03. The fourth-order valence-corrected chi connectivity index (χ4v) is 2.89. The number of benzene rings is 2. The third-order valence-electron chi connectivity index (χ3n) is 4.22. The van der Waals surface area contributed by atoms with Crippen molar-refractivity contribution in [3.63, 3.8) is 0 Å². The maximum Gasteiger partial charge on any atom is 0.573 e. The van der Waals surface area contributed by atoms with Crippen LogP contribution < -0.4 is 14.8 Å². The van der Waals surface area contributed by atoms with Crippen LogP contribution in [0.2, 0.25) is 0 Å². The number of anilines is 1. The van der Waals surface area contributed by atoms with Crippen LogP contribution in [0.3, 0.4) is 0 Å². The smallest absolute Gasteiger partial charge is 0.497 e. The van der Waals surface area contributed by atoms with Crippen molar-refractivity contribution in [2.45, 2.75) is 13.3 Å². The molecule has 0 aliphatic carbocycles. The summed E-state index contributed by atoms with van der Waals surface area (Å²) < 4.78 is 45.8. The van der Waals surface area contributed by atoms with E-state index in [-0.39, 0.29) is 17.8 Å². The molecule has 1 N–H and O–H groups in total. The van der Waals surface area contributed by atoms with Gasteiger partial charge in [0.2, 0.25) is 0 Å². The van der Waals surface area contributed by atoms with Crippen LogP contribution in [-0.4, -0.2) is 36.7 Å². The van der Waals surface area contributed by atoms with E-state index < -0.39 is 23.9 Å². The van der Waals surface area contributed by atoms with Gasteiger partial charge in [-0.2, -0.15) is 0 Å². The molecule has 2 amide bonds. The minimum Gasteiger partial charge on any atom is -0.497 e. The highest BCUT2D eigenvalue weighted by atomic mass is 19.4. The third kappa shape index (κ3) is 4.34. The van der Waals surface area contributed by atoms with E-state index in [0.29, 0.717) is 17.0 Å². The molecule has 0 saturated heterocycles. The largest absolute Gasteiger partial charge is 0.573 e. The maximum atomic E-state index is 12.7. The van der Waals surface area contributed by atoms with E-state index in [2.05, 4.69) is 10.1 Å². The zero-order valence-electron chi connectivity index (χ0n) is 15.5. The van der Waals surface area contributed by atoms with E-state index in [0.717, 1.165) is 17.0 Å². The Labute approximate surface area is 164 Å². The van der Waals surface area contributed by atoms with Gasteiger partial charge in [-0.05, 0) is 48.9 Å². The summed E-state index contributed by atoms with van der Waals surface area (Å²) >= 11 is 0. The second-order valence-corrected chi connectivity index (χ2v) is 6.03. The van der Waals surface area contributed by atoms with Gasteiger partial charge in [0.15, 0.2) is 0 Å². The number of methoxy groups -OCH3 is 1. The van der Waals surface area contributed by atoms with Gasteiger partial charge in [-0.15, -0.1) is 13.2 Å². The number of halogens is 3. The summed E-state index contributed by atoms with van der Waals surface area (Å²) in [5, 5.41) is 2.85. The molecule has 2 aromatic carbocycles. The average Bonchev–Trinajstić information content (AvgIpc) is 2.91. The summed E-state index contributed by atoms with van der Waals surface area (Å²) in [6, 6.07) is 11.5. The van der Waals surface area contributed by atoms with Crippen LogP contribution in [0.25, 0.3) is 5.57 Å². The Kier molecular flexibility index (Phi) is 5.49. The maximum absolute atomic E-state index is 12.7. The van der Waals surface area contributed by atoms with Crippen molar-refractivity contribution in [1.29, 1.82) is 0 Å². The number of nitrogens with zero attached hydrogens (tertiary/aromatic N) is 1. The lowest BCUT2D eigenvalue weighted by Crippen LogP contribution is -2.32. The number of hydrogen-bond donors (Lipinski definition) is 1. The fourth-order valence-electron chi connectivity index (χ4n) is 2.89. The summed E-state index contributed by atoms with van der Waals surface area (Å²) in [6.07, 6.45) is -4.80. The van der Waals surface area contributed by atoms with Gasteiger partial charge in [0.1, 0.15) is 17.2 Å². The van der Waals surface area contributed by atoms with Gasteiger partial charge in [0.25, 0.3) is 11.8 Å². The van der Waals surface area contributed by atoms with Crippen LogP contribution in [-0.2, 0) is 9.59 Å². The molecule has 0 fully saturated rings. The molecule has 1 aliphatic heterocycles. The van der Waals surface area contributed by atoms with Gasteiger partial charge in [0.05, 0.1) is 12.7 Å². The molecule has 1 heterocycles. The molecule has 0 spiro atoms. The minimum atomic E-state index is -4.80. The Bertz CT molecular complexity index is 951. The number of ether oxygens (including phenoxy) is 2. The number of hydrogen-bond acceptors (Lipinski definition) is 5. The first kappa shape index (κ1) is 20.2. The molecule has 0 saturated carbocycles. The molecule has 0 unspecified atom stereocenters. The van der Waals surface area contributed by atoms with Crippen LogP contribution in [0.15, 0.2) is 54.2 Å². The lowest BCUT2D eigenvalue weighted by Gasteiger charge is -2.12. The number of imide groups is 1. The molecule has 0 atom stereocenters. The number of carbonyl (C=O) groups excluding carboxylic acids is 2. The summed E-state index contributed by atoms with van der Waals surface area (Å²) in [5.74, 6) is -0.772. The number of rotatable bonds is 6. The van der Waals surface area contributed by atoms with E-state index in [1.807, 2.05) is 0 Å². The van der Waals surface area contributed by atoms with Gasteiger partial charge in [-0.25, -0.2) is 0 Å². The molecule has 3 rings (SSSR count). The number of nitrogens with one attached hydrogen (secondary N) is 1. The van der Waals surface area contributed by atoms with Crippen LogP contribution in [0.5, 0.6) is 11.5 Å². The highest BCUT2D eigenvalue weighted by Gasteiger charge is 2.38. The SMILES string of the molecule is CCN1C(=O)C(Nc2ccc(OC(F)(F)F)cc2)=C(c2ccc(OC)cc2)C1=O. The molecular weight excluding hydrogens is 389 g/mol. The predicted octanol–water partition coefficient (Wildman–Crippen LogP) is 3.81. The number of likely N-dealkylation sites (N-methyl/N-ethyl adjacent to an activating group) is 1. The van der Waals surface area contributed by atoms with Crippen molar-refractivity contribution in [3.8, 4) is 11.5 Å². The lowest BCUT2D eigenvalue weighted by atomic mass is 10.0. The molecule has 2 aromatic rings. The van der Waals surface area contributed by atoms with E-state index in [1.165, 1.54) is 19.2 Å². The van der Waals surface area contributed by atoms with Crippen molar-refractivity contribution in [3.05, 3.63) is 59.8 Å². The van der Waals surface area contributed by atoms with Crippen molar-refractivity contribution < 1.29 is 32.2 Å². The van der Waals surface area contributed by atoms with Crippen LogP contribution in [0.1, 0.15) is 12.5 Å². The van der Waals surface area contributed by atoms with Gasteiger partial charge in [-0.3, -0.25) is 14.5 Å². The van der Waals surface area contributed by atoms with Crippen molar-refractivity contribution in [1.82, 2.24) is 4.90 Å². The van der Waals surface area contributed by atoms with E-state index in [1.54, 1.807) is 31.2 Å². The molecule has 0 aromatic heterocycles. The molecule has 29 heavy (non-hydrogen) atoms. The lowest BCUT2D eigenvalue weighted by molar-refractivity contribution is -0.274. The summed E-state index contributed by atoms with van der Waals surface area (Å²) in [7, 11) is 1.51.